The highest BCUT2D eigenvalue weighted by atomic mass is 16.5. The van der Waals surface area contributed by atoms with Crippen LogP contribution in [0.15, 0.2) is 0 Å². The van der Waals surface area contributed by atoms with Crippen LogP contribution in [0, 0.1) is 0 Å². The van der Waals surface area contributed by atoms with Gasteiger partial charge < -0.3 is 9.64 Å². The SMILES string of the molecule is CCOC(=O)[C@@H]1CCCN1C(C)=O. The van der Waals surface area contributed by atoms with E-state index in [-0.39, 0.29) is 17.9 Å². The molecule has 4 nitrogen and oxygen atoms in total. The van der Waals surface area contributed by atoms with E-state index in [9.17, 15) is 9.59 Å². The van der Waals surface area contributed by atoms with Gasteiger partial charge in [0.15, 0.2) is 0 Å². The first kappa shape index (κ1) is 10.0. The number of hydrogen-bond donors (Lipinski definition) is 0. The Kier molecular flexibility index (Phi) is 3.28. The van der Waals surface area contributed by atoms with Crippen molar-refractivity contribution in [3.05, 3.63) is 0 Å². The number of amides is 1. The van der Waals surface area contributed by atoms with E-state index in [2.05, 4.69) is 0 Å². The van der Waals surface area contributed by atoms with Gasteiger partial charge in [-0.2, -0.15) is 0 Å². The number of esters is 1. The Balaban J connectivity index is 2.57. The third kappa shape index (κ3) is 2.20. The maximum atomic E-state index is 11.3. The van der Waals surface area contributed by atoms with Gasteiger partial charge in [0.05, 0.1) is 6.61 Å². The van der Waals surface area contributed by atoms with Crippen LogP contribution in [-0.2, 0) is 14.3 Å². The molecule has 1 aliphatic heterocycles. The van der Waals surface area contributed by atoms with Gasteiger partial charge in [0, 0.05) is 13.5 Å². The van der Waals surface area contributed by atoms with Crippen molar-refractivity contribution in [3.8, 4) is 0 Å². The molecule has 0 unspecified atom stereocenters. The second-order valence-corrected chi connectivity index (χ2v) is 3.12. The smallest absolute Gasteiger partial charge is 0.328 e. The van der Waals surface area contributed by atoms with Gasteiger partial charge in [0.2, 0.25) is 5.91 Å². The van der Waals surface area contributed by atoms with Crippen LogP contribution in [-0.4, -0.2) is 36.0 Å². The maximum absolute atomic E-state index is 11.3. The molecule has 1 saturated heterocycles. The zero-order chi connectivity index (χ0) is 9.84. The first-order valence-electron chi connectivity index (χ1n) is 4.60. The van der Waals surface area contributed by atoms with Gasteiger partial charge in [-0.25, -0.2) is 4.79 Å². The molecular formula is C9H15NO3. The average molecular weight is 185 g/mol. The van der Waals surface area contributed by atoms with Crippen LogP contribution in [0.4, 0.5) is 0 Å². The fourth-order valence-electron chi connectivity index (χ4n) is 1.63. The lowest BCUT2D eigenvalue weighted by molar-refractivity contribution is -0.152. The second-order valence-electron chi connectivity index (χ2n) is 3.12. The Bertz CT molecular complexity index is 215. The molecule has 0 spiro atoms. The molecule has 4 heteroatoms. The van der Waals surface area contributed by atoms with Gasteiger partial charge in [-0.3, -0.25) is 4.79 Å². The fourth-order valence-corrected chi connectivity index (χ4v) is 1.63. The van der Waals surface area contributed by atoms with E-state index in [4.69, 9.17) is 4.74 Å². The molecule has 1 amide bonds. The highest BCUT2D eigenvalue weighted by Crippen LogP contribution is 2.18. The second kappa shape index (κ2) is 4.25. The molecule has 1 atom stereocenters. The van der Waals surface area contributed by atoms with Crippen LogP contribution in [0.3, 0.4) is 0 Å². The van der Waals surface area contributed by atoms with Crippen molar-refractivity contribution in [1.82, 2.24) is 4.90 Å². The summed E-state index contributed by atoms with van der Waals surface area (Å²) in [6, 6.07) is -0.336. The van der Waals surface area contributed by atoms with Crippen molar-refractivity contribution < 1.29 is 14.3 Å². The summed E-state index contributed by atoms with van der Waals surface area (Å²) in [7, 11) is 0. The van der Waals surface area contributed by atoms with Gasteiger partial charge in [-0.05, 0) is 19.8 Å². The summed E-state index contributed by atoms with van der Waals surface area (Å²) in [5, 5.41) is 0. The van der Waals surface area contributed by atoms with Crippen molar-refractivity contribution >= 4 is 11.9 Å². The normalized spacial score (nSPS) is 21.7. The third-order valence-corrected chi connectivity index (χ3v) is 2.22. The summed E-state index contributed by atoms with van der Waals surface area (Å²) in [4.78, 5) is 24.0. The maximum Gasteiger partial charge on any atom is 0.328 e. The lowest BCUT2D eigenvalue weighted by atomic mass is 10.2. The number of ether oxygens (including phenoxy) is 1. The molecule has 0 aliphatic carbocycles. The number of nitrogens with zero attached hydrogens (tertiary/aromatic N) is 1. The van der Waals surface area contributed by atoms with Crippen LogP contribution in [0.5, 0.6) is 0 Å². The molecule has 0 aromatic heterocycles. The summed E-state index contributed by atoms with van der Waals surface area (Å²) >= 11 is 0. The Morgan fingerprint density at radius 3 is 2.77 bits per heavy atom. The van der Waals surface area contributed by atoms with E-state index in [1.165, 1.54) is 6.92 Å². The van der Waals surface area contributed by atoms with E-state index in [1.54, 1.807) is 11.8 Å². The molecule has 13 heavy (non-hydrogen) atoms. The molecule has 1 aliphatic rings. The quantitative estimate of drug-likeness (QED) is 0.590. The Labute approximate surface area is 77.8 Å². The predicted molar refractivity (Wildman–Crippen MR) is 47.0 cm³/mol. The van der Waals surface area contributed by atoms with Crippen LogP contribution in [0.1, 0.15) is 26.7 Å². The van der Waals surface area contributed by atoms with Crippen molar-refractivity contribution in [1.29, 1.82) is 0 Å². The van der Waals surface area contributed by atoms with E-state index in [0.717, 1.165) is 12.8 Å². The molecule has 1 heterocycles. The highest BCUT2D eigenvalue weighted by molar-refractivity contribution is 5.83. The highest BCUT2D eigenvalue weighted by Gasteiger charge is 2.33. The lowest BCUT2D eigenvalue weighted by Crippen LogP contribution is -2.40. The van der Waals surface area contributed by atoms with Crippen molar-refractivity contribution in [3.63, 3.8) is 0 Å². The number of rotatable bonds is 2. The summed E-state index contributed by atoms with van der Waals surface area (Å²) in [6.07, 6.45) is 1.63. The molecule has 0 radical (unpaired) electrons. The van der Waals surface area contributed by atoms with Crippen LogP contribution in [0.2, 0.25) is 0 Å². The van der Waals surface area contributed by atoms with Crippen molar-refractivity contribution in [2.45, 2.75) is 32.7 Å². The average Bonchev–Trinajstić information content (AvgIpc) is 2.52. The van der Waals surface area contributed by atoms with E-state index >= 15 is 0 Å². The molecule has 0 saturated carbocycles. The predicted octanol–water partition coefficient (Wildman–Crippen LogP) is 0.560. The van der Waals surface area contributed by atoms with Crippen molar-refractivity contribution in [2.24, 2.45) is 0 Å². The summed E-state index contributed by atoms with van der Waals surface area (Å²) < 4.78 is 4.87. The molecule has 0 bridgehead atoms. The number of hydrogen-bond acceptors (Lipinski definition) is 3. The summed E-state index contributed by atoms with van der Waals surface area (Å²) in [5.74, 6) is -0.314. The summed E-state index contributed by atoms with van der Waals surface area (Å²) in [6.45, 7) is 4.31. The number of likely N-dealkylation sites (tertiary alicyclic amines) is 1. The standard InChI is InChI=1S/C9H15NO3/c1-3-13-9(12)8-5-4-6-10(8)7(2)11/h8H,3-6H2,1-2H3/t8-/m0/s1. The number of carbonyl (C=O) groups excluding carboxylic acids is 2. The Morgan fingerprint density at radius 1 is 1.54 bits per heavy atom. The van der Waals surface area contributed by atoms with Gasteiger partial charge in [-0.15, -0.1) is 0 Å². The molecule has 74 valence electrons. The minimum atomic E-state index is -0.336. The summed E-state index contributed by atoms with van der Waals surface area (Å²) in [5.41, 5.74) is 0. The molecule has 1 fully saturated rings. The van der Waals surface area contributed by atoms with Gasteiger partial charge in [-0.1, -0.05) is 0 Å². The van der Waals surface area contributed by atoms with Crippen LogP contribution < -0.4 is 0 Å². The van der Waals surface area contributed by atoms with Crippen LogP contribution >= 0.6 is 0 Å². The monoisotopic (exact) mass is 185 g/mol. The van der Waals surface area contributed by atoms with Gasteiger partial charge in [0.1, 0.15) is 6.04 Å². The molecule has 0 N–H and O–H groups in total. The molecule has 0 aromatic carbocycles. The Hall–Kier alpha value is -1.06. The lowest BCUT2D eigenvalue weighted by Gasteiger charge is -2.21. The van der Waals surface area contributed by atoms with Crippen molar-refractivity contribution in [2.75, 3.05) is 13.2 Å². The zero-order valence-corrected chi connectivity index (χ0v) is 8.08. The first-order chi connectivity index (χ1) is 6.16. The minimum Gasteiger partial charge on any atom is -0.464 e. The first-order valence-corrected chi connectivity index (χ1v) is 4.60. The third-order valence-electron chi connectivity index (χ3n) is 2.22. The zero-order valence-electron chi connectivity index (χ0n) is 8.08. The largest absolute Gasteiger partial charge is 0.464 e. The van der Waals surface area contributed by atoms with E-state index < -0.39 is 0 Å². The van der Waals surface area contributed by atoms with Crippen LogP contribution in [0.25, 0.3) is 0 Å². The van der Waals surface area contributed by atoms with E-state index in [1.807, 2.05) is 0 Å². The number of carbonyl (C=O) groups is 2. The molecule has 0 aromatic rings. The molecular weight excluding hydrogens is 170 g/mol. The van der Waals surface area contributed by atoms with Gasteiger partial charge in [0.25, 0.3) is 0 Å². The van der Waals surface area contributed by atoms with Gasteiger partial charge >= 0.3 is 5.97 Å². The van der Waals surface area contributed by atoms with E-state index in [0.29, 0.717) is 13.2 Å². The fraction of sp³-hybridized carbons (Fsp3) is 0.778. The Morgan fingerprint density at radius 2 is 2.23 bits per heavy atom. The minimum absolute atomic E-state index is 0.0458. The topological polar surface area (TPSA) is 46.6 Å². The molecule has 1 rings (SSSR count).